The molecule has 6 heteroatoms. The third-order valence-corrected chi connectivity index (χ3v) is 5.25. The van der Waals surface area contributed by atoms with Gasteiger partial charge >= 0.3 is 0 Å². The third-order valence-electron chi connectivity index (χ3n) is 4.94. The fraction of sp³-hybridized carbons (Fsp3) is 0.600. The Kier molecular flexibility index (Phi) is 3.84. The van der Waals surface area contributed by atoms with E-state index in [2.05, 4.69) is 0 Å². The second kappa shape index (κ2) is 5.38. The van der Waals surface area contributed by atoms with Crippen molar-refractivity contribution >= 4 is 17.3 Å². The number of nitrogens with zero attached hydrogens (tertiary/aromatic N) is 1. The molecule has 1 saturated carbocycles. The van der Waals surface area contributed by atoms with E-state index >= 15 is 0 Å². The molecule has 0 bridgehead atoms. The first-order valence-electron chi connectivity index (χ1n) is 7.20. The normalized spacial score (nSPS) is 32.9. The van der Waals surface area contributed by atoms with Gasteiger partial charge in [-0.2, -0.15) is 0 Å². The number of aliphatic hydroxyl groups excluding tert-OH is 2. The van der Waals surface area contributed by atoms with Gasteiger partial charge in [0.05, 0.1) is 16.8 Å². The molecule has 116 valence electrons. The molecule has 1 atom stereocenters. The Morgan fingerprint density at radius 3 is 2.38 bits per heavy atom. The van der Waals surface area contributed by atoms with E-state index < -0.39 is 17.9 Å². The highest BCUT2D eigenvalue weighted by molar-refractivity contribution is 6.33. The van der Waals surface area contributed by atoms with Crippen LogP contribution in [0.4, 0.5) is 14.5 Å². The molecule has 3 rings (SSSR count). The highest BCUT2D eigenvalue weighted by atomic mass is 35.5. The van der Waals surface area contributed by atoms with Crippen LogP contribution in [-0.2, 0) is 0 Å². The molecule has 1 aliphatic carbocycles. The number of hydrogen-bond acceptors (Lipinski definition) is 3. The zero-order valence-electron chi connectivity index (χ0n) is 11.5. The number of hydrogen-bond donors (Lipinski definition) is 2. The summed E-state index contributed by atoms with van der Waals surface area (Å²) >= 11 is 6.00. The lowest BCUT2D eigenvalue weighted by molar-refractivity contribution is -0.0106. The molecule has 3 nitrogen and oxygen atoms in total. The predicted octanol–water partition coefficient (Wildman–Crippen LogP) is 3.07. The minimum Gasteiger partial charge on any atom is -0.393 e. The molecule has 1 unspecified atom stereocenters. The Bertz CT molecular complexity index is 547. The second-order valence-electron chi connectivity index (χ2n) is 6.13. The Labute approximate surface area is 127 Å². The van der Waals surface area contributed by atoms with Crippen molar-refractivity contribution < 1.29 is 19.0 Å². The van der Waals surface area contributed by atoms with Crippen molar-refractivity contribution in [1.29, 1.82) is 0 Å². The highest BCUT2D eigenvalue weighted by Crippen LogP contribution is 2.49. The van der Waals surface area contributed by atoms with Gasteiger partial charge in [0.2, 0.25) is 0 Å². The van der Waals surface area contributed by atoms with Crippen molar-refractivity contribution in [2.24, 2.45) is 5.41 Å². The summed E-state index contributed by atoms with van der Waals surface area (Å²) in [5.41, 5.74) is 0.0408. The summed E-state index contributed by atoms with van der Waals surface area (Å²) in [5.74, 6) is -1.96. The minimum absolute atomic E-state index is 0.0980. The van der Waals surface area contributed by atoms with E-state index in [4.69, 9.17) is 11.6 Å². The van der Waals surface area contributed by atoms with Crippen molar-refractivity contribution in [3.63, 3.8) is 0 Å². The van der Waals surface area contributed by atoms with Crippen LogP contribution in [0.5, 0.6) is 0 Å². The van der Waals surface area contributed by atoms with Crippen LogP contribution in [0.3, 0.4) is 0 Å². The van der Waals surface area contributed by atoms with Gasteiger partial charge in [-0.15, -0.1) is 0 Å². The van der Waals surface area contributed by atoms with Crippen LogP contribution in [0.1, 0.15) is 32.1 Å². The molecule has 2 fully saturated rings. The molecule has 1 saturated heterocycles. The smallest absolute Gasteiger partial charge is 0.160 e. The Balaban J connectivity index is 1.87. The zero-order chi connectivity index (χ0) is 15.2. The van der Waals surface area contributed by atoms with E-state index in [0.29, 0.717) is 25.1 Å². The number of anilines is 1. The van der Waals surface area contributed by atoms with Gasteiger partial charge in [0, 0.05) is 18.0 Å². The van der Waals surface area contributed by atoms with Gasteiger partial charge in [0.1, 0.15) is 6.23 Å². The Morgan fingerprint density at radius 2 is 1.71 bits per heavy atom. The van der Waals surface area contributed by atoms with Gasteiger partial charge in [0.15, 0.2) is 11.6 Å². The fourth-order valence-corrected chi connectivity index (χ4v) is 3.85. The van der Waals surface area contributed by atoms with E-state index in [1.807, 2.05) is 0 Å². The molecule has 2 N–H and O–H groups in total. The summed E-state index contributed by atoms with van der Waals surface area (Å²) in [6.45, 7) is 0.544. The third kappa shape index (κ3) is 2.51. The van der Waals surface area contributed by atoms with Crippen molar-refractivity contribution in [2.75, 3.05) is 11.4 Å². The maximum Gasteiger partial charge on any atom is 0.160 e. The SMILES string of the molecule is OC1CCC2(CC1)CCN(c1cc(F)c(F)cc1Cl)C2O. The number of benzene rings is 1. The average Bonchev–Trinajstić information content (AvgIpc) is 2.76. The predicted molar refractivity (Wildman–Crippen MR) is 76.2 cm³/mol. The first kappa shape index (κ1) is 15.0. The monoisotopic (exact) mass is 317 g/mol. The molecule has 2 aliphatic rings. The summed E-state index contributed by atoms with van der Waals surface area (Å²) in [7, 11) is 0. The van der Waals surface area contributed by atoms with Crippen molar-refractivity contribution in [1.82, 2.24) is 0 Å². The lowest BCUT2D eigenvalue weighted by Crippen LogP contribution is -2.42. The van der Waals surface area contributed by atoms with Crippen LogP contribution >= 0.6 is 11.6 Å². The number of aliphatic hydroxyl groups is 2. The molecule has 1 aromatic rings. The summed E-state index contributed by atoms with van der Waals surface area (Å²) in [6.07, 6.45) is 2.46. The Hall–Kier alpha value is -0.910. The van der Waals surface area contributed by atoms with Crippen LogP contribution in [-0.4, -0.2) is 29.1 Å². The van der Waals surface area contributed by atoms with Gasteiger partial charge in [-0.25, -0.2) is 8.78 Å². The fourth-order valence-electron chi connectivity index (χ4n) is 3.60. The van der Waals surface area contributed by atoms with Gasteiger partial charge in [-0.1, -0.05) is 11.6 Å². The highest BCUT2D eigenvalue weighted by Gasteiger charge is 2.48. The van der Waals surface area contributed by atoms with E-state index in [0.717, 1.165) is 31.4 Å². The molecule has 1 aliphatic heterocycles. The standard InChI is InChI=1S/C15H18ClF2NO2/c16-10-7-11(17)12(18)8-13(10)19-6-5-15(14(19)21)3-1-9(20)2-4-15/h7-9,14,20-21H,1-6H2. The molecule has 1 spiro atoms. The molecular formula is C15H18ClF2NO2. The van der Waals surface area contributed by atoms with E-state index in [1.54, 1.807) is 4.90 Å². The summed E-state index contributed by atoms with van der Waals surface area (Å²) in [5, 5.41) is 20.4. The van der Waals surface area contributed by atoms with Gasteiger partial charge in [-0.3, -0.25) is 0 Å². The summed E-state index contributed by atoms with van der Waals surface area (Å²) < 4.78 is 26.6. The van der Waals surface area contributed by atoms with Gasteiger partial charge in [0.25, 0.3) is 0 Å². The molecule has 21 heavy (non-hydrogen) atoms. The maximum absolute atomic E-state index is 13.4. The van der Waals surface area contributed by atoms with Crippen LogP contribution in [0.2, 0.25) is 5.02 Å². The minimum atomic E-state index is -0.993. The van der Waals surface area contributed by atoms with Crippen molar-refractivity contribution in [2.45, 2.75) is 44.4 Å². The molecule has 0 aromatic heterocycles. The molecule has 1 heterocycles. The Morgan fingerprint density at radius 1 is 1.10 bits per heavy atom. The summed E-state index contributed by atoms with van der Waals surface area (Å²) in [6, 6.07) is 1.98. The zero-order valence-corrected chi connectivity index (χ0v) is 12.3. The lowest BCUT2D eigenvalue weighted by Gasteiger charge is -2.39. The van der Waals surface area contributed by atoms with Crippen molar-refractivity contribution in [3.05, 3.63) is 28.8 Å². The maximum atomic E-state index is 13.4. The second-order valence-corrected chi connectivity index (χ2v) is 6.54. The first-order valence-corrected chi connectivity index (χ1v) is 7.58. The average molecular weight is 318 g/mol. The van der Waals surface area contributed by atoms with Crippen LogP contribution in [0, 0.1) is 17.0 Å². The lowest BCUT2D eigenvalue weighted by atomic mass is 9.71. The van der Waals surface area contributed by atoms with Gasteiger partial charge < -0.3 is 15.1 Å². The van der Waals surface area contributed by atoms with Crippen LogP contribution in [0.15, 0.2) is 12.1 Å². The van der Waals surface area contributed by atoms with E-state index in [-0.39, 0.29) is 16.5 Å². The topological polar surface area (TPSA) is 43.7 Å². The molecule has 0 amide bonds. The van der Waals surface area contributed by atoms with Gasteiger partial charge in [-0.05, 0) is 38.2 Å². The largest absolute Gasteiger partial charge is 0.393 e. The van der Waals surface area contributed by atoms with E-state index in [9.17, 15) is 19.0 Å². The molecule has 0 radical (unpaired) electrons. The van der Waals surface area contributed by atoms with E-state index in [1.165, 1.54) is 0 Å². The van der Waals surface area contributed by atoms with Crippen molar-refractivity contribution in [3.8, 4) is 0 Å². The molecule has 1 aromatic carbocycles. The quantitative estimate of drug-likeness (QED) is 0.782. The first-order chi connectivity index (χ1) is 9.93. The number of halogens is 3. The molecular weight excluding hydrogens is 300 g/mol. The summed E-state index contributed by atoms with van der Waals surface area (Å²) in [4.78, 5) is 1.64. The number of rotatable bonds is 1. The van der Waals surface area contributed by atoms with Crippen LogP contribution in [0.25, 0.3) is 0 Å². The van der Waals surface area contributed by atoms with Crippen LogP contribution < -0.4 is 4.90 Å².